The van der Waals surface area contributed by atoms with Gasteiger partial charge in [-0.1, -0.05) is 19.1 Å². The highest BCUT2D eigenvalue weighted by molar-refractivity contribution is 5.84. The number of non-ortho nitro benzene ring substituents is 1. The Hall–Kier alpha value is -2.31. The summed E-state index contributed by atoms with van der Waals surface area (Å²) in [7, 11) is 1.36. The van der Waals surface area contributed by atoms with Crippen molar-refractivity contribution >= 4 is 11.7 Å². The van der Waals surface area contributed by atoms with E-state index < -0.39 is 10.5 Å². The zero-order chi connectivity index (χ0) is 16.0. The molecule has 0 N–H and O–H groups in total. The van der Waals surface area contributed by atoms with Crippen LogP contribution in [0.25, 0.3) is 0 Å². The van der Waals surface area contributed by atoms with Crippen molar-refractivity contribution < 1.29 is 14.5 Å². The Bertz CT molecular complexity index is 657. The number of rotatable bonds is 4. The van der Waals surface area contributed by atoms with E-state index >= 15 is 0 Å². The van der Waals surface area contributed by atoms with E-state index in [1.807, 2.05) is 0 Å². The fourth-order valence-electron chi connectivity index (χ4n) is 3.52. The van der Waals surface area contributed by atoms with Crippen LogP contribution in [0.4, 0.5) is 5.69 Å². The summed E-state index contributed by atoms with van der Waals surface area (Å²) in [6.45, 7) is 2.63. The number of esters is 1. The summed E-state index contributed by atoms with van der Waals surface area (Å²) in [5, 5.41) is 19.1. The maximum absolute atomic E-state index is 12.4. The van der Waals surface area contributed by atoms with Crippen LogP contribution in [0.5, 0.6) is 0 Å². The van der Waals surface area contributed by atoms with Crippen LogP contribution in [0.3, 0.4) is 0 Å². The second kappa shape index (κ2) is 4.86. The summed E-state index contributed by atoms with van der Waals surface area (Å²) in [6.07, 6.45) is 1.24. The van der Waals surface area contributed by atoms with Gasteiger partial charge >= 0.3 is 5.97 Å². The van der Waals surface area contributed by atoms with Crippen molar-refractivity contribution in [1.29, 1.82) is 0 Å². The average Bonchev–Trinajstić information content (AvgIpc) is 3.02. The lowest BCUT2D eigenvalue weighted by Gasteiger charge is -2.29. The third-order valence-electron chi connectivity index (χ3n) is 5.00. The Morgan fingerprint density at radius 1 is 1.45 bits per heavy atom. The summed E-state index contributed by atoms with van der Waals surface area (Å²) >= 11 is 0. The molecule has 1 aromatic rings. The van der Waals surface area contributed by atoms with Crippen molar-refractivity contribution in [2.45, 2.75) is 25.3 Å². The van der Waals surface area contributed by atoms with Gasteiger partial charge in [0.25, 0.3) is 5.69 Å². The maximum atomic E-state index is 12.4. The van der Waals surface area contributed by atoms with Gasteiger partial charge in [-0.05, 0) is 17.9 Å². The van der Waals surface area contributed by atoms with E-state index in [1.54, 1.807) is 12.1 Å². The van der Waals surface area contributed by atoms with E-state index in [1.165, 1.54) is 19.2 Å². The lowest BCUT2D eigenvalue weighted by molar-refractivity contribution is -0.384. The second-order valence-corrected chi connectivity index (χ2v) is 6.11. The number of azo groups is 1. The fraction of sp³-hybridized carbons (Fsp3) is 0.533. The third-order valence-corrected chi connectivity index (χ3v) is 5.00. The van der Waals surface area contributed by atoms with Crippen molar-refractivity contribution in [1.82, 2.24) is 0 Å². The lowest BCUT2D eigenvalue weighted by atomic mass is 9.76. The Morgan fingerprint density at radius 2 is 2.09 bits per heavy atom. The van der Waals surface area contributed by atoms with E-state index in [2.05, 4.69) is 17.2 Å². The molecule has 0 bridgehead atoms. The Kier molecular flexibility index (Phi) is 3.23. The highest BCUT2D eigenvalue weighted by atomic mass is 16.6. The monoisotopic (exact) mass is 303 g/mol. The molecule has 7 heteroatoms. The van der Waals surface area contributed by atoms with Gasteiger partial charge in [0.1, 0.15) is 0 Å². The molecule has 116 valence electrons. The zero-order valence-corrected chi connectivity index (χ0v) is 12.5. The van der Waals surface area contributed by atoms with Gasteiger partial charge in [0.2, 0.25) is 0 Å². The maximum Gasteiger partial charge on any atom is 0.336 e. The first-order chi connectivity index (χ1) is 10.4. The molecule has 0 saturated heterocycles. The Balaban J connectivity index is 1.93. The number of carbonyl (C=O) groups is 1. The van der Waals surface area contributed by atoms with Gasteiger partial charge < -0.3 is 4.74 Å². The molecule has 0 aromatic heterocycles. The molecule has 3 rings (SSSR count). The molecule has 1 saturated carbocycles. The standard InChI is InChI=1S/C15H17N3O4/c1-10-7-14(10)9-16-17-15(14,13(19)22-2)8-11-3-5-12(6-4-11)18(20)21/h3-6,10H,7-9H2,1-2H3/t10-,14+,15+/m1/s1. The van der Waals surface area contributed by atoms with Gasteiger partial charge in [0.05, 0.1) is 18.6 Å². The Labute approximate surface area is 127 Å². The van der Waals surface area contributed by atoms with Crippen LogP contribution in [0, 0.1) is 21.4 Å². The van der Waals surface area contributed by atoms with Crippen molar-refractivity contribution in [2.24, 2.45) is 21.6 Å². The Morgan fingerprint density at radius 3 is 2.59 bits per heavy atom. The SMILES string of the molecule is COC(=O)[C@]1(Cc2ccc([N+](=O)[O-])cc2)N=NC[C@]12C[C@H]2C. The molecular formula is C15H17N3O4. The van der Waals surface area contributed by atoms with E-state index in [0.717, 1.165) is 12.0 Å². The van der Waals surface area contributed by atoms with E-state index in [9.17, 15) is 14.9 Å². The average molecular weight is 303 g/mol. The molecule has 1 spiro atoms. The highest BCUT2D eigenvalue weighted by Gasteiger charge is 2.71. The fourth-order valence-corrected chi connectivity index (χ4v) is 3.52. The van der Waals surface area contributed by atoms with E-state index in [4.69, 9.17) is 4.74 Å². The molecule has 0 amide bonds. The van der Waals surface area contributed by atoms with Gasteiger partial charge in [-0.3, -0.25) is 10.1 Å². The van der Waals surface area contributed by atoms with Gasteiger partial charge in [-0.2, -0.15) is 10.2 Å². The van der Waals surface area contributed by atoms with Gasteiger partial charge in [-0.25, -0.2) is 4.79 Å². The van der Waals surface area contributed by atoms with Crippen molar-refractivity contribution in [2.75, 3.05) is 13.7 Å². The van der Waals surface area contributed by atoms with Crippen LogP contribution in [-0.4, -0.2) is 30.1 Å². The molecule has 1 aliphatic carbocycles. The zero-order valence-electron chi connectivity index (χ0n) is 12.5. The largest absolute Gasteiger partial charge is 0.467 e. The molecule has 1 aromatic carbocycles. The van der Waals surface area contributed by atoms with Crippen LogP contribution in [-0.2, 0) is 16.0 Å². The van der Waals surface area contributed by atoms with Crippen molar-refractivity contribution in [3.05, 3.63) is 39.9 Å². The van der Waals surface area contributed by atoms with Crippen LogP contribution in [0.2, 0.25) is 0 Å². The lowest BCUT2D eigenvalue weighted by Crippen LogP contribution is -2.47. The molecule has 7 nitrogen and oxygen atoms in total. The minimum Gasteiger partial charge on any atom is -0.467 e. The molecule has 1 heterocycles. The topological polar surface area (TPSA) is 94.2 Å². The number of hydrogen-bond acceptors (Lipinski definition) is 6. The molecule has 3 atom stereocenters. The normalized spacial score (nSPS) is 32.2. The third kappa shape index (κ3) is 1.92. The van der Waals surface area contributed by atoms with Crippen LogP contribution in [0.1, 0.15) is 18.9 Å². The minimum absolute atomic E-state index is 0.0263. The second-order valence-electron chi connectivity index (χ2n) is 6.11. The summed E-state index contributed by atoms with van der Waals surface area (Å²) in [4.78, 5) is 22.7. The van der Waals surface area contributed by atoms with E-state index in [-0.39, 0.29) is 17.1 Å². The first kappa shape index (κ1) is 14.6. The number of carbonyl (C=O) groups excluding carboxylic acids is 1. The van der Waals surface area contributed by atoms with E-state index in [0.29, 0.717) is 18.9 Å². The highest BCUT2D eigenvalue weighted by Crippen LogP contribution is 2.64. The minimum atomic E-state index is -1.00. The van der Waals surface area contributed by atoms with Crippen LogP contribution >= 0.6 is 0 Å². The first-order valence-electron chi connectivity index (χ1n) is 7.15. The van der Waals surface area contributed by atoms with Gasteiger partial charge in [0, 0.05) is 24.0 Å². The van der Waals surface area contributed by atoms with Gasteiger partial charge in [-0.15, -0.1) is 0 Å². The van der Waals surface area contributed by atoms with Crippen molar-refractivity contribution in [3.8, 4) is 0 Å². The quantitative estimate of drug-likeness (QED) is 0.485. The molecule has 2 aliphatic rings. The molecule has 0 unspecified atom stereocenters. The number of nitro benzene ring substituents is 1. The van der Waals surface area contributed by atoms with Crippen molar-refractivity contribution in [3.63, 3.8) is 0 Å². The number of hydrogen-bond donors (Lipinski definition) is 0. The molecule has 22 heavy (non-hydrogen) atoms. The molecular weight excluding hydrogens is 286 g/mol. The smallest absolute Gasteiger partial charge is 0.336 e. The molecule has 0 radical (unpaired) electrons. The first-order valence-corrected chi connectivity index (χ1v) is 7.15. The summed E-state index contributed by atoms with van der Waals surface area (Å²) < 4.78 is 4.99. The molecule has 1 fully saturated rings. The van der Waals surface area contributed by atoms with Gasteiger partial charge in [0.15, 0.2) is 5.54 Å². The summed E-state index contributed by atoms with van der Waals surface area (Å²) in [5.41, 5.74) is -0.423. The summed E-state index contributed by atoms with van der Waals surface area (Å²) in [5.74, 6) is -0.0175. The number of nitro groups is 1. The number of benzene rings is 1. The van der Waals surface area contributed by atoms with Crippen LogP contribution in [0.15, 0.2) is 34.5 Å². The number of methoxy groups -OCH3 is 1. The molecule has 1 aliphatic heterocycles. The number of ether oxygens (including phenoxy) is 1. The number of nitrogens with zero attached hydrogens (tertiary/aromatic N) is 3. The predicted molar refractivity (Wildman–Crippen MR) is 77.5 cm³/mol. The predicted octanol–water partition coefficient (Wildman–Crippen LogP) is 2.54. The summed E-state index contributed by atoms with van der Waals surface area (Å²) in [6, 6.07) is 6.21. The van der Waals surface area contributed by atoms with Crippen LogP contribution < -0.4 is 0 Å².